The summed E-state index contributed by atoms with van der Waals surface area (Å²) in [6.45, 7) is 2.34. The molecule has 9 heteroatoms. The number of carbonyl (C=O) groups is 2. The maximum atomic E-state index is 13.8. The molecule has 0 spiro atoms. The van der Waals surface area contributed by atoms with E-state index in [1.165, 1.54) is 41.0 Å². The number of benzene rings is 3. The molecule has 0 aliphatic rings. The number of aryl methyl sites for hydroxylation is 1. The average Bonchev–Trinajstić information content (AvgIpc) is 3.26. The Labute approximate surface area is 202 Å². The molecule has 1 aromatic heterocycles. The summed E-state index contributed by atoms with van der Waals surface area (Å²) in [5.41, 5.74) is 3.29. The third-order valence-corrected chi connectivity index (χ3v) is 5.55. The minimum absolute atomic E-state index is 0.141. The quantitative estimate of drug-likeness (QED) is 0.375. The number of para-hydroxylation sites is 1. The van der Waals surface area contributed by atoms with Crippen molar-refractivity contribution in [2.24, 2.45) is 0 Å². The van der Waals surface area contributed by atoms with Crippen LogP contribution in [0, 0.1) is 12.7 Å². The van der Waals surface area contributed by atoms with Gasteiger partial charge in [-0.1, -0.05) is 41.6 Å². The van der Waals surface area contributed by atoms with Crippen LogP contribution in [0.15, 0.2) is 72.8 Å². The molecule has 4 rings (SSSR count). The Bertz CT molecular complexity index is 1320. The van der Waals surface area contributed by atoms with E-state index in [1.807, 2.05) is 49.4 Å². The fourth-order valence-electron chi connectivity index (χ4n) is 3.89. The maximum absolute atomic E-state index is 13.8. The first-order valence-electron chi connectivity index (χ1n) is 11.2. The van der Waals surface area contributed by atoms with Crippen molar-refractivity contribution in [1.82, 2.24) is 20.3 Å². The number of hydrogen-bond acceptors (Lipinski definition) is 5. The van der Waals surface area contributed by atoms with Gasteiger partial charge in [0.1, 0.15) is 23.9 Å². The van der Waals surface area contributed by atoms with E-state index in [4.69, 9.17) is 4.74 Å². The lowest BCUT2D eigenvalue weighted by Gasteiger charge is -2.32. The molecule has 1 N–H and O–H groups in total. The smallest absolute Gasteiger partial charge is 0.249 e. The van der Waals surface area contributed by atoms with Gasteiger partial charge < -0.3 is 10.1 Å². The van der Waals surface area contributed by atoms with E-state index < -0.39 is 17.8 Å². The van der Waals surface area contributed by atoms with Gasteiger partial charge in [0, 0.05) is 19.3 Å². The first-order valence-corrected chi connectivity index (χ1v) is 11.2. The number of nitrogens with one attached hydrogen (secondary N) is 1. The molecule has 1 heterocycles. The van der Waals surface area contributed by atoms with Crippen LogP contribution in [-0.2, 0) is 20.9 Å². The second kappa shape index (κ2) is 10.9. The van der Waals surface area contributed by atoms with Crippen LogP contribution < -0.4 is 10.2 Å². The molecule has 3 aromatic carbocycles. The lowest BCUT2D eigenvalue weighted by Crippen LogP contribution is -2.46. The highest BCUT2D eigenvalue weighted by Crippen LogP contribution is 2.29. The van der Waals surface area contributed by atoms with E-state index in [2.05, 4.69) is 15.6 Å². The Hall–Kier alpha value is -4.11. The van der Waals surface area contributed by atoms with E-state index in [9.17, 15) is 14.0 Å². The molecular formula is C26H26FN5O3. The van der Waals surface area contributed by atoms with E-state index in [1.54, 1.807) is 6.07 Å². The van der Waals surface area contributed by atoms with Crippen molar-refractivity contribution in [3.05, 3.63) is 89.7 Å². The molecule has 4 aromatic rings. The van der Waals surface area contributed by atoms with Gasteiger partial charge in [0.2, 0.25) is 11.8 Å². The second-order valence-corrected chi connectivity index (χ2v) is 8.08. The number of nitrogens with zero attached hydrogens (tertiary/aromatic N) is 4. The summed E-state index contributed by atoms with van der Waals surface area (Å²) >= 11 is 0. The van der Waals surface area contributed by atoms with Crippen LogP contribution in [0.25, 0.3) is 11.0 Å². The first-order chi connectivity index (χ1) is 17.0. The summed E-state index contributed by atoms with van der Waals surface area (Å²) in [6, 6.07) is 19.2. The predicted molar refractivity (Wildman–Crippen MR) is 130 cm³/mol. The fraction of sp³-hybridized carbons (Fsp3) is 0.231. The van der Waals surface area contributed by atoms with Crippen molar-refractivity contribution in [2.45, 2.75) is 19.5 Å². The standard InChI is InChI=1S/C26H26FN5O3/c1-18-6-5-7-21(16-18)32(24(33)17-31-23-9-4-3-8-22(23)29-30-31)25(26(34)28-14-15-35-2)19-10-12-20(27)13-11-19/h3-13,16,25H,14-15,17H2,1-2H3,(H,28,34)/t25-/m0/s1. The van der Waals surface area contributed by atoms with E-state index in [-0.39, 0.29) is 19.0 Å². The van der Waals surface area contributed by atoms with Crippen LogP contribution in [0.2, 0.25) is 0 Å². The van der Waals surface area contributed by atoms with Crippen LogP contribution in [0.4, 0.5) is 10.1 Å². The largest absolute Gasteiger partial charge is 0.383 e. The molecule has 2 amide bonds. The summed E-state index contributed by atoms with van der Waals surface area (Å²) < 4.78 is 20.3. The van der Waals surface area contributed by atoms with Crippen LogP contribution in [-0.4, -0.2) is 47.1 Å². The van der Waals surface area contributed by atoms with Gasteiger partial charge in [0.05, 0.1) is 12.1 Å². The van der Waals surface area contributed by atoms with Crippen LogP contribution in [0.1, 0.15) is 17.2 Å². The van der Waals surface area contributed by atoms with Crippen LogP contribution in [0.5, 0.6) is 0 Å². The SMILES string of the molecule is COCCNC(=O)[C@H](c1ccc(F)cc1)N(C(=O)Cn1nnc2ccccc21)c1cccc(C)c1. The number of carbonyl (C=O) groups excluding carboxylic acids is 2. The highest BCUT2D eigenvalue weighted by atomic mass is 19.1. The third kappa shape index (κ3) is 5.52. The third-order valence-electron chi connectivity index (χ3n) is 5.55. The number of aromatic nitrogens is 3. The van der Waals surface area contributed by atoms with Crippen molar-refractivity contribution in [3.8, 4) is 0 Å². The Morgan fingerprint density at radius 3 is 2.60 bits per heavy atom. The Balaban J connectivity index is 1.77. The van der Waals surface area contributed by atoms with Gasteiger partial charge >= 0.3 is 0 Å². The molecule has 8 nitrogen and oxygen atoms in total. The van der Waals surface area contributed by atoms with Gasteiger partial charge in [-0.2, -0.15) is 0 Å². The van der Waals surface area contributed by atoms with Crippen molar-refractivity contribution < 1.29 is 18.7 Å². The molecule has 0 radical (unpaired) electrons. The van der Waals surface area contributed by atoms with Crippen molar-refractivity contribution in [2.75, 3.05) is 25.2 Å². The zero-order valence-corrected chi connectivity index (χ0v) is 19.5. The number of ether oxygens (including phenoxy) is 1. The van der Waals surface area contributed by atoms with Gasteiger partial charge in [-0.15, -0.1) is 5.10 Å². The van der Waals surface area contributed by atoms with Crippen LogP contribution >= 0.6 is 0 Å². The van der Waals surface area contributed by atoms with Gasteiger partial charge in [0.25, 0.3) is 0 Å². The van der Waals surface area contributed by atoms with Crippen molar-refractivity contribution >= 4 is 28.5 Å². The summed E-state index contributed by atoms with van der Waals surface area (Å²) in [6.07, 6.45) is 0. The fourth-order valence-corrected chi connectivity index (χ4v) is 3.89. The first kappa shape index (κ1) is 24.0. The van der Waals surface area contributed by atoms with E-state index in [0.29, 0.717) is 28.9 Å². The van der Waals surface area contributed by atoms with Gasteiger partial charge in [-0.25, -0.2) is 9.07 Å². The summed E-state index contributed by atoms with van der Waals surface area (Å²) in [5, 5.41) is 11.1. The molecule has 0 unspecified atom stereocenters. The maximum Gasteiger partial charge on any atom is 0.249 e. The summed E-state index contributed by atoms with van der Waals surface area (Å²) in [4.78, 5) is 28.7. The summed E-state index contributed by atoms with van der Waals surface area (Å²) in [7, 11) is 1.54. The minimum atomic E-state index is -1.04. The Kier molecular flexibility index (Phi) is 7.47. The number of amides is 2. The number of fused-ring (bicyclic) bond motifs is 1. The molecule has 35 heavy (non-hydrogen) atoms. The molecular weight excluding hydrogens is 449 g/mol. The molecule has 0 aliphatic heterocycles. The molecule has 0 aliphatic carbocycles. The predicted octanol–water partition coefficient (Wildman–Crippen LogP) is 3.42. The highest BCUT2D eigenvalue weighted by molar-refractivity contribution is 6.01. The number of anilines is 1. The van der Waals surface area contributed by atoms with E-state index >= 15 is 0 Å². The van der Waals surface area contributed by atoms with Crippen LogP contribution in [0.3, 0.4) is 0 Å². The zero-order chi connectivity index (χ0) is 24.8. The molecule has 0 fully saturated rings. The minimum Gasteiger partial charge on any atom is -0.383 e. The molecule has 0 bridgehead atoms. The zero-order valence-electron chi connectivity index (χ0n) is 19.5. The van der Waals surface area contributed by atoms with E-state index in [0.717, 1.165) is 5.56 Å². The topological polar surface area (TPSA) is 89.4 Å². The van der Waals surface area contributed by atoms with Gasteiger partial charge in [-0.3, -0.25) is 14.5 Å². The molecule has 180 valence electrons. The molecule has 0 saturated heterocycles. The molecule has 1 atom stereocenters. The summed E-state index contributed by atoms with van der Waals surface area (Å²) in [5.74, 6) is -1.22. The number of hydrogen-bond donors (Lipinski definition) is 1. The average molecular weight is 476 g/mol. The highest BCUT2D eigenvalue weighted by Gasteiger charge is 2.33. The second-order valence-electron chi connectivity index (χ2n) is 8.08. The molecule has 0 saturated carbocycles. The Morgan fingerprint density at radius 2 is 1.86 bits per heavy atom. The normalized spacial score (nSPS) is 11.9. The Morgan fingerprint density at radius 1 is 1.09 bits per heavy atom. The van der Waals surface area contributed by atoms with Gasteiger partial charge in [-0.05, 0) is 54.4 Å². The lowest BCUT2D eigenvalue weighted by molar-refractivity contribution is -0.127. The number of halogens is 1. The monoisotopic (exact) mass is 475 g/mol. The number of rotatable bonds is 9. The number of methoxy groups -OCH3 is 1. The van der Waals surface area contributed by atoms with Gasteiger partial charge in [0.15, 0.2) is 0 Å². The van der Waals surface area contributed by atoms with Crippen molar-refractivity contribution in [3.63, 3.8) is 0 Å². The van der Waals surface area contributed by atoms with Crippen molar-refractivity contribution in [1.29, 1.82) is 0 Å². The lowest BCUT2D eigenvalue weighted by atomic mass is 10.0.